The van der Waals surface area contributed by atoms with E-state index in [0.717, 1.165) is 30.9 Å². The molecule has 128 valence electrons. The van der Waals surface area contributed by atoms with E-state index in [1.165, 1.54) is 0 Å². The van der Waals surface area contributed by atoms with Gasteiger partial charge >= 0.3 is 0 Å². The number of nitrogens with one attached hydrogen (secondary N) is 1. The molecule has 4 rings (SSSR count). The van der Waals surface area contributed by atoms with Crippen LogP contribution in [0.25, 0.3) is 17.8 Å². The highest BCUT2D eigenvalue weighted by molar-refractivity contribution is 5.65. The fraction of sp³-hybridized carbons (Fsp3) is 0.278. The van der Waals surface area contributed by atoms with Crippen LogP contribution in [0.1, 0.15) is 23.3 Å². The van der Waals surface area contributed by atoms with E-state index in [9.17, 15) is 0 Å². The normalized spacial score (nSPS) is 18.8. The minimum atomic E-state index is 0.153. The van der Waals surface area contributed by atoms with E-state index in [0.29, 0.717) is 11.7 Å². The van der Waals surface area contributed by atoms with Gasteiger partial charge in [-0.05, 0) is 25.3 Å². The molecule has 3 aromatic rings. The molecule has 7 heteroatoms. The lowest BCUT2D eigenvalue weighted by Gasteiger charge is -2.30. The molecule has 1 aliphatic heterocycles. The van der Waals surface area contributed by atoms with Gasteiger partial charge < -0.3 is 9.84 Å². The average Bonchev–Trinajstić information content (AvgIpc) is 3.31. The second-order valence-corrected chi connectivity index (χ2v) is 6.08. The molecule has 0 spiro atoms. The third-order valence-corrected chi connectivity index (χ3v) is 4.31. The van der Waals surface area contributed by atoms with Gasteiger partial charge in [0.25, 0.3) is 5.89 Å². The summed E-state index contributed by atoms with van der Waals surface area (Å²) in [6.07, 6.45) is 7.51. The molecule has 0 amide bonds. The molecule has 25 heavy (non-hydrogen) atoms. The van der Waals surface area contributed by atoms with E-state index in [-0.39, 0.29) is 6.04 Å². The zero-order valence-corrected chi connectivity index (χ0v) is 14.0. The number of benzene rings is 1. The van der Waals surface area contributed by atoms with Crippen molar-refractivity contribution in [1.29, 1.82) is 0 Å². The van der Waals surface area contributed by atoms with Gasteiger partial charge in [0.05, 0.1) is 17.9 Å². The zero-order valence-electron chi connectivity index (χ0n) is 14.0. The maximum atomic E-state index is 5.35. The first-order valence-corrected chi connectivity index (χ1v) is 8.32. The maximum absolute atomic E-state index is 5.35. The summed E-state index contributed by atoms with van der Waals surface area (Å²) in [6, 6.07) is 10.1. The van der Waals surface area contributed by atoms with E-state index < -0.39 is 0 Å². The van der Waals surface area contributed by atoms with Crippen LogP contribution in [0.3, 0.4) is 0 Å². The van der Waals surface area contributed by atoms with Gasteiger partial charge in [-0.2, -0.15) is 10.1 Å². The second kappa shape index (κ2) is 7.00. The SMILES string of the molecule is CN1CCNCC1c1noc(/C=C/c2cnn(-c3ccccc3)c2)n1. The van der Waals surface area contributed by atoms with Crippen LogP contribution in [0.4, 0.5) is 0 Å². The van der Waals surface area contributed by atoms with Crippen LogP contribution in [0.2, 0.25) is 0 Å². The Morgan fingerprint density at radius 2 is 2.12 bits per heavy atom. The molecule has 1 saturated heterocycles. The fourth-order valence-electron chi connectivity index (χ4n) is 2.86. The first kappa shape index (κ1) is 15.7. The predicted octanol–water partition coefficient (Wildman–Crippen LogP) is 2.00. The van der Waals surface area contributed by atoms with Crippen LogP contribution in [-0.2, 0) is 0 Å². The van der Waals surface area contributed by atoms with Crippen molar-refractivity contribution in [3.8, 4) is 5.69 Å². The molecule has 1 fully saturated rings. The monoisotopic (exact) mass is 336 g/mol. The van der Waals surface area contributed by atoms with Crippen molar-refractivity contribution in [2.24, 2.45) is 0 Å². The summed E-state index contributed by atoms with van der Waals surface area (Å²) in [5.74, 6) is 1.22. The third kappa shape index (κ3) is 3.52. The Morgan fingerprint density at radius 1 is 1.24 bits per heavy atom. The van der Waals surface area contributed by atoms with Crippen LogP contribution in [0, 0.1) is 0 Å². The number of piperazine rings is 1. The summed E-state index contributed by atoms with van der Waals surface area (Å²) in [6.45, 7) is 2.80. The lowest BCUT2D eigenvalue weighted by atomic mass is 10.2. The number of nitrogens with zero attached hydrogens (tertiary/aromatic N) is 5. The third-order valence-electron chi connectivity index (χ3n) is 4.31. The highest BCUT2D eigenvalue weighted by atomic mass is 16.5. The predicted molar refractivity (Wildman–Crippen MR) is 95.0 cm³/mol. The second-order valence-electron chi connectivity index (χ2n) is 6.08. The minimum Gasteiger partial charge on any atom is -0.335 e. The summed E-state index contributed by atoms with van der Waals surface area (Å²) in [4.78, 5) is 6.73. The number of para-hydroxylation sites is 1. The molecular formula is C18H20N6O. The Morgan fingerprint density at radius 3 is 2.96 bits per heavy atom. The van der Waals surface area contributed by atoms with Crippen molar-refractivity contribution in [1.82, 2.24) is 30.1 Å². The molecule has 7 nitrogen and oxygen atoms in total. The molecule has 0 bridgehead atoms. The van der Waals surface area contributed by atoms with Gasteiger partial charge in [0.1, 0.15) is 0 Å². The Hall–Kier alpha value is -2.77. The van der Waals surface area contributed by atoms with Crippen molar-refractivity contribution >= 4 is 12.2 Å². The molecule has 3 heterocycles. The number of hydrogen-bond donors (Lipinski definition) is 1. The largest absolute Gasteiger partial charge is 0.335 e. The van der Waals surface area contributed by atoms with Gasteiger partial charge in [-0.1, -0.05) is 23.4 Å². The van der Waals surface area contributed by atoms with Crippen molar-refractivity contribution in [2.75, 3.05) is 26.7 Å². The van der Waals surface area contributed by atoms with Gasteiger partial charge in [0, 0.05) is 37.5 Å². The van der Waals surface area contributed by atoms with Crippen LogP contribution in [-0.4, -0.2) is 51.5 Å². The molecule has 0 saturated carbocycles. The summed E-state index contributed by atoms with van der Waals surface area (Å²) in [5.41, 5.74) is 2.00. The molecule has 1 N–H and O–H groups in total. The molecule has 0 radical (unpaired) electrons. The number of likely N-dealkylation sites (N-methyl/N-ethyl adjacent to an activating group) is 1. The Balaban J connectivity index is 1.47. The topological polar surface area (TPSA) is 72.0 Å². The van der Waals surface area contributed by atoms with E-state index in [2.05, 4.69) is 32.5 Å². The first-order chi connectivity index (χ1) is 12.3. The number of aromatic nitrogens is 4. The Labute approximate surface area is 146 Å². The van der Waals surface area contributed by atoms with Gasteiger partial charge in [-0.3, -0.25) is 4.90 Å². The summed E-state index contributed by atoms with van der Waals surface area (Å²) < 4.78 is 7.18. The lowest BCUT2D eigenvalue weighted by Crippen LogP contribution is -2.44. The molecule has 0 aliphatic carbocycles. The minimum absolute atomic E-state index is 0.153. The number of rotatable bonds is 4. The van der Waals surface area contributed by atoms with Crippen LogP contribution in [0.15, 0.2) is 47.2 Å². The standard InChI is InChI=1S/C18H20N6O/c1-23-10-9-19-12-16(23)18-21-17(25-22-18)8-7-14-11-20-24(13-14)15-5-3-2-4-6-15/h2-8,11,13,16,19H,9-10,12H2,1H3/b8-7+. The van der Waals surface area contributed by atoms with Gasteiger partial charge in [-0.25, -0.2) is 4.68 Å². The average molecular weight is 336 g/mol. The number of hydrogen-bond acceptors (Lipinski definition) is 6. The summed E-state index contributed by atoms with van der Waals surface area (Å²) in [7, 11) is 2.08. The quantitative estimate of drug-likeness (QED) is 0.786. The van der Waals surface area contributed by atoms with Crippen LogP contribution >= 0.6 is 0 Å². The Bertz CT molecular complexity index is 853. The molecule has 1 aromatic carbocycles. The van der Waals surface area contributed by atoms with E-state index in [4.69, 9.17) is 4.52 Å². The fourth-order valence-corrected chi connectivity index (χ4v) is 2.86. The summed E-state index contributed by atoms with van der Waals surface area (Å²) in [5, 5.41) is 11.8. The summed E-state index contributed by atoms with van der Waals surface area (Å²) >= 11 is 0. The smallest absolute Gasteiger partial charge is 0.250 e. The van der Waals surface area contributed by atoms with Crippen molar-refractivity contribution in [3.63, 3.8) is 0 Å². The molecule has 1 aliphatic rings. The molecule has 2 aromatic heterocycles. The van der Waals surface area contributed by atoms with E-state index in [1.807, 2.05) is 53.4 Å². The Kier molecular flexibility index (Phi) is 4.41. The molecule has 1 unspecified atom stereocenters. The van der Waals surface area contributed by atoms with Crippen LogP contribution < -0.4 is 5.32 Å². The van der Waals surface area contributed by atoms with Crippen molar-refractivity contribution in [3.05, 3.63) is 60.0 Å². The highest BCUT2D eigenvalue weighted by Gasteiger charge is 2.24. The van der Waals surface area contributed by atoms with Crippen LogP contribution in [0.5, 0.6) is 0 Å². The zero-order chi connectivity index (χ0) is 17.1. The maximum Gasteiger partial charge on any atom is 0.250 e. The molecular weight excluding hydrogens is 316 g/mol. The van der Waals surface area contributed by atoms with Crippen molar-refractivity contribution < 1.29 is 4.52 Å². The van der Waals surface area contributed by atoms with E-state index >= 15 is 0 Å². The van der Waals surface area contributed by atoms with Gasteiger partial charge in [0.2, 0.25) is 0 Å². The van der Waals surface area contributed by atoms with Crippen molar-refractivity contribution in [2.45, 2.75) is 6.04 Å². The van der Waals surface area contributed by atoms with Gasteiger partial charge in [-0.15, -0.1) is 0 Å². The van der Waals surface area contributed by atoms with Gasteiger partial charge in [0.15, 0.2) is 5.82 Å². The lowest BCUT2D eigenvalue weighted by molar-refractivity contribution is 0.190. The molecule has 1 atom stereocenters. The highest BCUT2D eigenvalue weighted by Crippen LogP contribution is 2.18. The first-order valence-electron chi connectivity index (χ1n) is 8.32. The van der Waals surface area contributed by atoms with E-state index in [1.54, 1.807) is 6.20 Å².